The van der Waals surface area contributed by atoms with Crippen LogP contribution in [0.2, 0.25) is 5.02 Å². The predicted octanol–water partition coefficient (Wildman–Crippen LogP) is 3.39. The molecule has 3 rings (SSSR count). The van der Waals surface area contributed by atoms with E-state index in [-0.39, 0.29) is 11.9 Å². The molecule has 114 valence electrons. The third-order valence-electron chi connectivity index (χ3n) is 3.64. The van der Waals surface area contributed by atoms with Crippen LogP contribution in [0.1, 0.15) is 30.5 Å². The summed E-state index contributed by atoms with van der Waals surface area (Å²) in [6.45, 7) is 1.12. The monoisotopic (exact) mass is 335 g/mol. The summed E-state index contributed by atoms with van der Waals surface area (Å²) in [5.74, 6) is -0.412. The lowest BCUT2D eigenvalue weighted by molar-refractivity contribution is 0.0606. The normalized spacial score (nSPS) is 13.6. The minimum absolute atomic E-state index is 0.0814. The predicted molar refractivity (Wildman–Crippen MR) is 85.6 cm³/mol. The fourth-order valence-electron chi connectivity index (χ4n) is 2.51. The van der Waals surface area contributed by atoms with Gasteiger partial charge in [-0.3, -0.25) is 4.79 Å². The fourth-order valence-corrected chi connectivity index (χ4v) is 3.81. The maximum Gasteiger partial charge on any atom is 0.348 e. The molecule has 4 nitrogen and oxygen atoms in total. The Labute approximate surface area is 137 Å². The molecule has 0 saturated carbocycles. The number of benzene rings is 1. The molecule has 2 aromatic rings. The largest absolute Gasteiger partial charge is 0.465 e. The summed E-state index contributed by atoms with van der Waals surface area (Å²) in [6.07, 6.45) is 0.743. The van der Waals surface area contributed by atoms with Crippen LogP contribution in [-0.4, -0.2) is 30.4 Å². The standard InChI is InChI=1S/C16H14ClNO3S/c1-21-16(20)14-8-10-9-18(7-6-13(10)22-14)15(19)11-4-2-3-5-12(11)17/h2-5,8H,6-7,9H2,1H3. The summed E-state index contributed by atoms with van der Waals surface area (Å²) in [5, 5.41) is 0.457. The second-order valence-electron chi connectivity index (χ2n) is 5.01. The van der Waals surface area contributed by atoms with Crippen molar-refractivity contribution in [3.8, 4) is 0 Å². The number of methoxy groups -OCH3 is 1. The van der Waals surface area contributed by atoms with E-state index in [0.29, 0.717) is 28.6 Å². The lowest BCUT2D eigenvalue weighted by Gasteiger charge is -2.27. The van der Waals surface area contributed by atoms with E-state index >= 15 is 0 Å². The Balaban J connectivity index is 1.82. The van der Waals surface area contributed by atoms with Gasteiger partial charge in [0.15, 0.2) is 0 Å². The van der Waals surface area contributed by atoms with Crippen LogP contribution in [-0.2, 0) is 17.7 Å². The maximum atomic E-state index is 12.6. The van der Waals surface area contributed by atoms with Gasteiger partial charge in [-0.1, -0.05) is 23.7 Å². The van der Waals surface area contributed by atoms with Gasteiger partial charge in [-0.05, 0) is 30.2 Å². The number of fused-ring (bicyclic) bond motifs is 1. The van der Waals surface area contributed by atoms with Crippen LogP contribution in [0.15, 0.2) is 30.3 Å². The Kier molecular flexibility index (Phi) is 4.18. The molecule has 6 heteroatoms. The average molecular weight is 336 g/mol. The number of amides is 1. The summed E-state index contributed by atoms with van der Waals surface area (Å²) in [7, 11) is 1.37. The van der Waals surface area contributed by atoms with Crippen molar-refractivity contribution in [1.82, 2.24) is 4.90 Å². The first-order valence-electron chi connectivity index (χ1n) is 6.84. The van der Waals surface area contributed by atoms with Gasteiger partial charge in [0.05, 0.1) is 17.7 Å². The van der Waals surface area contributed by atoms with Crippen LogP contribution in [0, 0.1) is 0 Å². The molecule has 0 N–H and O–H groups in total. The van der Waals surface area contributed by atoms with Crippen LogP contribution in [0.3, 0.4) is 0 Å². The molecular weight excluding hydrogens is 322 g/mol. The zero-order valence-corrected chi connectivity index (χ0v) is 13.5. The van der Waals surface area contributed by atoms with E-state index in [2.05, 4.69) is 0 Å². The highest BCUT2D eigenvalue weighted by molar-refractivity contribution is 7.14. The van der Waals surface area contributed by atoms with Crippen LogP contribution < -0.4 is 0 Å². The van der Waals surface area contributed by atoms with Crippen molar-refractivity contribution >= 4 is 34.8 Å². The van der Waals surface area contributed by atoms with Crippen LogP contribution in [0.5, 0.6) is 0 Å². The van der Waals surface area contributed by atoms with Crippen molar-refractivity contribution in [3.63, 3.8) is 0 Å². The van der Waals surface area contributed by atoms with Crippen molar-refractivity contribution in [1.29, 1.82) is 0 Å². The molecule has 0 spiro atoms. The summed E-state index contributed by atoms with van der Waals surface area (Å²) in [6, 6.07) is 8.86. The molecule has 0 unspecified atom stereocenters. The number of halogens is 1. The Hall–Kier alpha value is -1.85. The first-order chi connectivity index (χ1) is 10.6. The number of thiophene rings is 1. The number of nitrogens with zero attached hydrogens (tertiary/aromatic N) is 1. The van der Waals surface area contributed by atoms with Crippen molar-refractivity contribution in [2.24, 2.45) is 0 Å². The molecule has 0 bridgehead atoms. The highest BCUT2D eigenvalue weighted by atomic mass is 35.5. The quantitative estimate of drug-likeness (QED) is 0.790. The summed E-state index contributed by atoms with van der Waals surface area (Å²) in [4.78, 5) is 27.7. The molecule has 22 heavy (non-hydrogen) atoms. The van der Waals surface area contributed by atoms with Gasteiger partial charge in [-0.15, -0.1) is 11.3 Å². The Morgan fingerprint density at radius 1 is 1.32 bits per heavy atom. The molecule has 0 aliphatic carbocycles. The highest BCUT2D eigenvalue weighted by Gasteiger charge is 2.26. The van der Waals surface area contributed by atoms with Crippen LogP contribution in [0.25, 0.3) is 0 Å². The van der Waals surface area contributed by atoms with Crippen molar-refractivity contribution < 1.29 is 14.3 Å². The van der Waals surface area contributed by atoms with Gasteiger partial charge in [0.25, 0.3) is 5.91 Å². The lowest BCUT2D eigenvalue weighted by Crippen LogP contribution is -2.35. The second-order valence-corrected chi connectivity index (χ2v) is 6.55. The first-order valence-corrected chi connectivity index (χ1v) is 8.03. The third kappa shape index (κ3) is 2.74. The van der Waals surface area contributed by atoms with E-state index in [1.54, 1.807) is 29.2 Å². The van der Waals surface area contributed by atoms with Gasteiger partial charge in [0.1, 0.15) is 4.88 Å². The Morgan fingerprint density at radius 2 is 2.09 bits per heavy atom. The van der Waals surface area contributed by atoms with Gasteiger partial charge in [0, 0.05) is 18.0 Å². The van der Waals surface area contributed by atoms with E-state index < -0.39 is 0 Å². The summed E-state index contributed by atoms with van der Waals surface area (Å²) < 4.78 is 4.75. The van der Waals surface area contributed by atoms with E-state index in [1.165, 1.54) is 18.4 Å². The third-order valence-corrected chi connectivity index (χ3v) is 5.19. The molecule has 0 saturated heterocycles. The van der Waals surface area contributed by atoms with Gasteiger partial charge in [-0.25, -0.2) is 4.79 Å². The number of rotatable bonds is 2. The molecule has 1 amide bonds. The maximum absolute atomic E-state index is 12.6. The molecule has 1 aliphatic rings. The Bertz CT molecular complexity index is 741. The van der Waals surface area contributed by atoms with Gasteiger partial charge in [0.2, 0.25) is 0 Å². The van der Waals surface area contributed by atoms with Crippen molar-refractivity contribution in [2.45, 2.75) is 13.0 Å². The Morgan fingerprint density at radius 3 is 2.82 bits per heavy atom. The van der Waals surface area contributed by atoms with Gasteiger partial charge >= 0.3 is 5.97 Å². The molecule has 0 atom stereocenters. The number of carbonyl (C=O) groups excluding carboxylic acids is 2. The summed E-state index contributed by atoms with van der Waals surface area (Å²) >= 11 is 7.54. The highest BCUT2D eigenvalue weighted by Crippen LogP contribution is 2.30. The van der Waals surface area contributed by atoms with E-state index in [0.717, 1.165) is 16.9 Å². The molecule has 0 radical (unpaired) electrons. The summed E-state index contributed by atoms with van der Waals surface area (Å²) in [5.41, 5.74) is 1.52. The SMILES string of the molecule is COC(=O)c1cc2c(s1)CCN(C(=O)c1ccccc1Cl)C2. The van der Waals surface area contributed by atoms with Gasteiger partial charge in [-0.2, -0.15) is 0 Å². The molecule has 1 aliphatic heterocycles. The van der Waals surface area contributed by atoms with E-state index in [1.807, 2.05) is 6.07 Å². The smallest absolute Gasteiger partial charge is 0.348 e. The molecular formula is C16H14ClNO3S. The second kappa shape index (κ2) is 6.10. The zero-order chi connectivity index (χ0) is 15.7. The van der Waals surface area contributed by atoms with Crippen molar-refractivity contribution in [3.05, 3.63) is 56.2 Å². The molecule has 1 aromatic carbocycles. The topological polar surface area (TPSA) is 46.6 Å². The van der Waals surface area contributed by atoms with Crippen molar-refractivity contribution in [2.75, 3.05) is 13.7 Å². The van der Waals surface area contributed by atoms with Crippen LogP contribution >= 0.6 is 22.9 Å². The number of ether oxygens (including phenoxy) is 1. The zero-order valence-electron chi connectivity index (χ0n) is 12.0. The number of esters is 1. The van der Waals surface area contributed by atoms with E-state index in [4.69, 9.17) is 16.3 Å². The minimum Gasteiger partial charge on any atom is -0.465 e. The molecule has 0 fully saturated rings. The fraction of sp³-hybridized carbons (Fsp3) is 0.250. The number of hydrogen-bond acceptors (Lipinski definition) is 4. The van der Waals surface area contributed by atoms with Crippen LogP contribution in [0.4, 0.5) is 0 Å². The molecule has 2 heterocycles. The lowest BCUT2D eigenvalue weighted by atomic mass is 10.1. The number of carbonyl (C=O) groups is 2. The minimum atomic E-state index is -0.330. The number of hydrogen-bond donors (Lipinski definition) is 0. The van der Waals surface area contributed by atoms with E-state index in [9.17, 15) is 9.59 Å². The van der Waals surface area contributed by atoms with Gasteiger partial charge < -0.3 is 9.64 Å². The average Bonchev–Trinajstić information content (AvgIpc) is 2.97. The molecule has 1 aromatic heterocycles. The first kappa shape index (κ1) is 15.1.